The van der Waals surface area contributed by atoms with Crippen molar-refractivity contribution in [3.05, 3.63) is 72.8 Å². The highest BCUT2D eigenvalue weighted by molar-refractivity contribution is 8.01. The molecule has 1 aliphatic carbocycles. The van der Waals surface area contributed by atoms with E-state index < -0.39 is 0 Å². The Morgan fingerprint density at radius 2 is 1.79 bits per heavy atom. The maximum atomic E-state index is 4.74. The second kappa shape index (κ2) is 9.13. The van der Waals surface area contributed by atoms with Crippen LogP contribution in [0.3, 0.4) is 0 Å². The molecular weight excluding hydrogens is 380 g/mol. The van der Waals surface area contributed by atoms with Crippen molar-refractivity contribution in [1.29, 1.82) is 0 Å². The zero-order chi connectivity index (χ0) is 19.9. The first-order valence-corrected chi connectivity index (χ1v) is 10.8. The molecule has 0 aliphatic heterocycles. The number of hydrogen-bond acceptors (Lipinski definition) is 4. The van der Waals surface area contributed by atoms with Crippen LogP contribution in [0.2, 0.25) is 0 Å². The molecule has 1 saturated carbocycles. The molecule has 7 heteroatoms. The van der Waals surface area contributed by atoms with Crippen molar-refractivity contribution in [2.75, 3.05) is 13.1 Å². The zero-order valence-electron chi connectivity index (χ0n) is 16.6. The lowest BCUT2D eigenvalue weighted by Gasteiger charge is -2.18. The number of nitrogens with one attached hydrogen (secondary N) is 2. The number of benzene rings is 2. The first-order valence-electron chi connectivity index (χ1n) is 9.99. The third kappa shape index (κ3) is 5.17. The van der Waals surface area contributed by atoms with E-state index in [1.54, 1.807) is 6.33 Å². The molecule has 0 amide bonds. The van der Waals surface area contributed by atoms with Gasteiger partial charge in [0.2, 0.25) is 0 Å². The van der Waals surface area contributed by atoms with Crippen LogP contribution in [0.15, 0.2) is 76.9 Å². The lowest BCUT2D eigenvalue weighted by molar-refractivity contribution is 0.760. The minimum absolute atomic E-state index is 0.265. The van der Waals surface area contributed by atoms with E-state index in [2.05, 4.69) is 58.1 Å². The molecule has 0 bridgehead atoms. The lowest BCUT2D eigenvalue weighted by Crippen LogP contribution is -2.41. The number of nitrogens with zero attached hydrogens (tertiary/aromatic N) is 4. The predicted molar refractivity (Wildman–Crippen MR) is 118 cm³/mol. The van der Waals surface area contributed by atoms with Gasteiger partial charge in [0, 0.05) is 28.4 Å². The van der Waals surface area contributed by atoms with Crippen LogP contribution in [0, 0.1) is 0 Å². The smallest absolute Gasteiger partial charge is 0.191 e. The fraction of sp³-hybridized carbons (Fsp3) is 0.318. The second-order valence-electron chi connectivity index (χ2n) is 7.10. The van der Waals surface area contributed by atoms with Gasteiger partial charge in [-0.3, -0.25) is 4.57 Å². The van der Waals surface area contributed by atoms with Crippen molar-refractivity contribution in [1.82, 2.24) is 25.4 Å². The largest absolute Gasteiger partial charge is 0.357 e. The summed E-state index contributed by atoms with van der Waals surface area (Å²) in [5, 5.41) is 15.2. The average Bonchev–Trinajstić information content (AvgIpc) is 3.36. The summed E-state index contributed by atoms with van der Waals surface area (Å²) in [6.45, 7) is 4.25. The van der Waals surface area contributed by atoms with Crippen LogP contribution in [0.4, 0.5) is 0 Å². The first-order chi connectivity index (χ1) is 14.3. The van der Waals surface area contributed by atoms with E-state index in [1.165, 1.54) is 17.7 Å². The van der Waals surface area contributed by atoms with Gasteiger partial charge in [0.25, 0.3) is 0 Å². The standard InChI is InChI=1S/C22H26N6S/c1-2-23-21(25-16-22(13-14-22)29-19-11-7-4-8-12-19)24-15-20-27-26-17-28(20)18-9-5-3-6-10-18/h3-12,17H,2,13-16H2,1H3,(H2,23,24,25). The van der Waals surface area contributed by atoms with Crippen molar-refractivity contribution >= 4 is 17.7 Å². The third-order valence-corrected chi connectivity index (χ3v) is 6.33. The average molecular weight is 407 g/mol. The molecule has 2 aromatic carbocycles. The Labute approximate surface area is 175 Å². The Hall–Kier alpha value is -2.80. The monoisotopic (exact) mass is 406 g/mol. The molecule has 150 valence electrons. The summed E-state index contributed by atoms with van der Waals surface area (Å²) in [5.74, 6) is 1.63. The molecule has 0 spiro atoms. The molecule has 29 heavy (non-hydrogen) atoms. The fourth-order valence-electron chi connectivity index (χ4n) is 3.10. The molecule has 0 unspecified atom stereocenters. The Bertz CT molecular complexity index is 934. The molecule has 1 heterocycles. The Morgan fingerprint density at radius 1 is 1.07 bits per heavy atom. The molecule has 0 atom stereocenters. The predicted octanol–water partition coefficient (Wildman–Crippen LogP) is 3.65. The molecule has 4 rings (SSSR count). The van der Waals surface area contributed by atoms with Gasteiger partial charge in [0.05, 0.1) is 0 Å². The summed E-state index contributed by atoms with van der Waals surface area (Å²) in [6.07, 6.45) is 4.18. The molecule has 1 fully saturated rings. The van der Waals surface area contributed by atoms with Gasteiger partial charge in [-0.1, -0.05) is 36.4 Å². The minimum Gasteiger partial charge on any atom is -0.357 e. The number of thioether (sulfide) groups is 1. The van der Waals surface area contributed by atoms with Crippen molar-refractivity contribution in [3.8, 4) is 5.69 Å². The molecule has 0 saturated heterocycles. The van der Waals surface area contributed by atoms with Crippen LogP contribution >= 0.6 is 11.8 Å². The van der Waals surface area contributed by atoms with Crippen LogP contribution in [-0.4, -0.2) is 38.6 Å². The Morgan fingerprint density at radius 3 is 2.48 bits per heavy atom. The Kier molecular flexibility index (Phi) is 6.14. The Balaban J connectivity index is 1.40. The lowest BCUT2D eigenvalue weighted by atomic mass is 10.3. The zero-order valence-corrected chi connectivity index (χ0v) is 17.4. The van der Waals surface area contributed by atoms with Crippen molar-refractivity contribution in [3.63, 3.8) is 0 Å². The number of guanidine groups is 1. The molecule has 1 aromatic heterocycles. The van der Waals surface area contributed by atoms with Crippen molar-refractivity contribution in [2.24, 2.45) is 4.99 Å². The SMILES string of the molecule is CCNC(=NCc1nncn1-c1ccccc1)NCC1(Sc2ccccc2)CC1. The van der Waals surface area contributed by atoms with E-state index in [1.807, 2.05) is 46.7 Å². The highest BCUT2D eigenvalue weighted by atomic mass is 32.2. The molecule has 0 radical (unpaired) electrons. The summed E-state index contributed by atoms with van der Waals surface area (Å²) in [6, 6.07) is 20.7. The summed E-state index contributed by atoms with van der Waals surface area (Å²) in [4.78, 5) is 6.07. The van der Waals surface area contributed by atoms with Gasteiger partial charge in [0.1, 0.15) is 12.9 Å². The van der Waals surface area contributed by atoms with Gasteiger partial charge in [0.15, 0.2) is 11.8 Å². The van der Waals surface area contributed by atoms with Gasteiger partial charge in [-0.15, -0.1) is 22.0 Å². The summed E-state index contributed by atoms with van der Waals surface area (Å²) in [5.41, 5.74) is 1.04. The molecular formula is C22H26N6S. The number of aromatic nitrogens is 3. The summed E-state index contributed by atoms with van der Waals surface area (Å²) < 4.78 is 2.24. The molecule has 3 aromatic rings. The van der Waals surface area contributed by atoms with E-state index in [0.29, 0.717) is 6.54 Å². The fourth-order valence-corrected chi connectivity index (χ4v) is 4.34. The van der Waals surface area contributed by atoms with E-state index in [9.17, 15) is 0 Å². The molecule has 2 N–H and O–H groups in total. The molecule has 6 nitrogen and oxygen atoms in total. The van der Waals surface area contributed by atoms with Crippen molar-refractivity contribution in [2.45, 2.75) is 36.0 Å². The highest BCUT2D eigenvalue weighted by Crippen LogP contribution is 2.51. The van der Waals surface area contributed by atoms with E-state index in [4.69, 9.17) is 4.99 Å². The van der Waals surface area contributed by atoms with E-state index in [0.717, 1.165) is 30.6 Å². The highest BCUT2D eigenvalue weighted by Gasteiger charge is 2.43. The number of aliphatic imine (C=N–C) groups is 1. The third-order valence-electron chi connectivity index (χ3n) is 4.84. The number of hydrogen-bond donors (Lipinski definition) is 2. The van der Waals surface area contributed by atoms with Gasteiger partial charge >= 0.3 is 0 Å². The normalized spacial score (nSPS) is 15.1. The summed E-state index contributed by atoms with van der Waals surface area (Å²) in [7, 11) is 0. The van der Waals surface area contributed by atoms with E-state index in [-0.39, 0.29) is 4.75 Å². The van der Waals surface area contributed by atoms with Gasteiger partial charge in [-0.2, -0.15) is 0 Å². The quantitative estimate of drug-likeness (QED) is 0.442. The van der Waals surface area contributed by atoms with Gasteiger partial charge in [-0.05, 0) is 44.0 Å². The first kappa shape index (κ1) is 19.5. The van der Waals surface area contributed by atoms with Crippen LogP contribution in [0.5, 0.6) is 0 Å². The van der Waals surface area contributed by atoms with Crippen LogP contribution < -0.4 is 10.6 Å². The van der Waals surface area contributed by atoms with Gasteiger partial charge in [-0.25, -0.2) is 4.99 Å². The van der Waals surface area contributed by atoms with Gasteiger partial charge < -0.3 is 10.6 Å². The van der Waals surface area contributed by atoms with Crippen molar-refractivity contribution < 1.29 is 0 Å². The summed E-state index contributed by atoms with van der Waals surface area (Å²) >= 11 is 1.96. The second-order valence-corrected chi connectivity index (χ2v) is 8.64. The maximum absolute atomic E-state index is 4.74. The van der Waals surface area contributed by atoms with Crippen LogP contribution in [-0.2, 0) is 6.54 Å². The number of rotatable bonds is 8. The topological polar surface area (TPSA) is 67.1 Å². The van der Waals surface area contributed by atoms with Crippen LogP contribution in [0.1, 0.15) is 25.6 Å². The maximum Gasteiger partial charge on any atom is 0.191 e. The van der Waals surface area contributed by atoms with E-state index >= 15 is 0 Å². The molecule has 1 aliphatic rings. The minimum atomic E-state index is 0.265. The number of para-hydroxylation sites is 1. The van der Waals surface area contributed by atoms with Crippen LogP contribution in [0.25, 0.3) is 5.69 Å².